The second-order valence-electron chi connectivity index (χ2n) is 6.01. The van der Waals surface area contributed by atoms with Gasteiger partial charge in [-0.2, -0.15) is 4.98 Å². The number of anilines is 1. The van der Waals surface area contributed by atoms with Crippen LogP contribution in [0, 0.1) is 5.92 Å². The molecule has 1 saturated heterocycles. The molecule has 2 heterocycles. The fraction of sp³-hybridized carbons (Fsp3) is 0.389. The quantitative estimate of drug-likeness (QED) is 0.478. The fourth-order valence-electron chi connectivity index (χ4n) is 2.83. The van der Waals surface area contributed by atoms with E-state index >= 15 is 0 Å². The largest absolute Gasteiger partial charge is 0.494 e. The minimum atomic E-state index is -0.438. The van der Waals surface area contributed by atoms with Crippen LogP contribution in [0.15, 0.2) is 40.4 Å². The lowest BCUT2D eigenvalue weighted by Gasteiger charge is -2.22. The van der Waals surface area contributed by atoms with Crippen LogP contribution in [0.2, 0.25) is 0 Å². The zero-order chi connectivity index (χ0) is 18.9. The van der Waals surface area contributed by atoms with E-state index in [9.17, 15) is 4.79 Å². The monoisotopic (exact) mass is 359 g/mol. The highest BCUT2D eigenvalue weighted by atomic mass is 16.5. The number of aliphatic hydroxyl groups is 1. The molecular formula is C18H25N5O3. The summed E-state index contributed by atoms with van der Waals surface area (Å²) in [6, 6.07) is 5.51. The molecule has 2 aromatic rings. The van der Waals surface area contributed by atoms with Gasteiger partial charge in [0.25, 0.3) is 0 Å². The van der Waals surface area contributed by atoms with Gasteiger partial charge in [-0.1, -0.05) is 6.07 Å². The Hall–Kier alpha value is -2.87. The number of nitrogen functional groups attached to an aromatic ring is 1. The number of ether oxygens (including phenoxy) is 1. The second-order valence-corrected chi connectivity index (χ2v) is 6.01. The molecule has 5 N–H and O–H groups in total. The van der Waals surface area contributed by atoms with Crippen molar-refractivity contribution in [3.63, 3.8) is 0 Å². The van der Waals surface area contributed by atoms with Gasteiger partial charge in [-0.15, -0.1) is 0 Å². The zero-order valence-corrected chi connectivity index (χ0v) is 14.7. The Morgan fingerprint density at radius 2 is 2.12 bits per heavy atom. The van der Waals surface area contributed by atoms with Gasteiger partial charge in [-0.3, -0.25) is 0 Å². The first-order chi connectivity index (χ1) is 12.5. The molecule has 3 rings (SSSR count). The van der Waals surface area contributed by atoms with Gasteiger partial charge in [-0.25, -0.2) is 9.79 Å². The third-order valence-corrected chi connectivity index (χ3v) is 4.17. The van der Waals surface area contributed by atoms with Crippen molar-refractivity contribution in [1.29, 1.82) is 0 Å². The average molecular weight is 359 g/mol. The number of benzene rings is 1. The normalized spacial score (nSPS) is 14.3. The van der Waals surface area contributed by atoms with Crippen LogP contribution in [0.3, 0.4) is 0 Å². The molecule has 1 aliphatic heterocycles. The summed E-state index contributed by atoms with van der Waals surface area (Å²) >= 11 is 0. The molecule has 8 nitrogen and oxygen atoms in total. The number of rotatable bonds is 5. The number of aliphatic imine (C=N–C) groups is 1. The lowest BCUT2D eigenvalue weighted by Crippen LogP contribution is -2.28. The summed E-state index contributed by atoms with van der Waals surface area (Å²) in [6.45, 7) is 8.80. The second kappa shape index (κ2) is 9.57. The van der Waals surface area contributed by atoms with Gasteiger partial charge in [0.05, 0.1) is 17.5 Å². The van der Waals surface area contributed by atoms with Gasteiger partial charge in [0, 0.05) is 0 Å². The van der Waals surface area contributed by atoms with E-state index in [1.54, 1.807) is 6.07 Å². The maximum atomic E-state index is 11.3. The van der Waals surface area contributed by atoms with E-state index in [1.807, 2.05) is 12.1 Å². The van der Waals surface area contributed by atoms with Crippen LogP contribution in [0.5, 0.6) is 5.75 Å². The number of piperidine rings is 1. The van der Waals surface area contributed by atoms with E-state index < -0.39 is 5.69 Å². The van der Waals surface area contributed by atoms with Gasteiger partial charge in [0.15, 0.2) is 0 Å². The number of aliphatic hydroxyl groups excluding tert-OH is 1. The standard InChI is InChI=1S/C15H20N4O2.C3H5NO/c16-14-13-11(18-15(20)19-14)2-1-3-12(13)21-9-6-10-4-7-17-8-5-10;1-3(5)4-2/h1-3,10,17H,4-9H2,(H3,16,18,19,20);5H,1-2H2. The number of nitrogens with one attached hydrogen (secondary N) is 2. The summed E-state index contributed by atoms with van der Waals surface area (Å²) in [6.07, 6.45) is 3.45. The summed E-state index contributed by atoms with van der Waals surface area (Å²) in [7, 11) is 0. The summed E-state index contributed by atoms with van der Waals surface area (Å²) < 4.78 is 5.88. The number of H-pyrrole nitrogens is 1. The van der Waals surface area contributed by atoms with Crippen molar-refractivity contribution in [2.45, 2.75) is 19.3 Å². The van der Waals surface area contributed by atoms with Crippen LogP contribution in [-0.2, 0) is 0 Å². The first-order valence-corrected chi connectivity index (χ1v) is 8.48. The molecule has 0 saturated carbocycles. The summed E-state index contributed by atoms with van der Waals surface area (Å²) in [5, 5.41) is 12.0. The highest BCUT2D eigenvalue weighted by molar-refractivity contribution is 5.93. The van der Waals surface area contributed by atoms with Gasteiger partial charge < -0.3 is 25.9 Å². The molecule has 0 bridgehead atoms. The number of nitrogens with zero attached hydrogens (tertiary/aromatic N) is 2. The van der Waals surface area contributed by atoms with E-state index in [0.717, 1.165) is 25.4 Å². The third kappa shape index (κ3) is 5.59. The number of fused-ring (bicyclic) bond motifs is 1. The molecule has 0 atom stereocenters. The van der Waals surface area contributed by atoms with Crippen molar-refractivity contribution in [3.05, 3.63) is 41.1 Å². The Morgan fingerprint density at radius 1 is 1.42 bits per heavy atom. The van der Waals surface area contributed by atoms with Crippen molar-refractivity contribution < 1.29 is 9.84 Å². The van der Waals surface area contributed by atoms with E-state index in [-0.39, 0.29) is 11.7 Å². The Bertz CT molecular complexity index is 812. The van der Waals surface area contributed by atoms with Crippen LogP contribution in [-0.4, -0.2) is 41.5 Å². The molecule has 0 aliphatic carbocycles. The highest BCUT2D eigenvalue weighted by Crippen LogP contribution is 2.27. The molecular weight excluding hydrogens is 334 g/mol. The highest BCUT2D eigenvalue weighted by Gasteiger charge is 2.14. The third-order valence-electron chi connectivity index (χ3n) is 4.17. The van der Waals surface area contributed by atoms with Crippen molar-refractivity contribution in [3.8, 4) is 5.75 Å². The van der Waals surface area contributed by atoms with Gasteiger partial charge in [0.2, 0.25) is 5.88 Å². The molecule has 0 amide bonds. The van der Waals surface area contributed by atoms with Crippen LogP contribution in [0.1, 0.15) is 19.3 Å². The van der Waals surface area contributed by atoms with Crippen LogP contribution in [0.25, 0.3) is 10.9 Å². The van der Waals surface area contributed by atoms with Crippen molar-refractivity contribution in [1.82, 2.24) is 15.3 Å². The number of hydrogen-bond acceptors (Lipinski definition) is 7. The zero-order valence-electron chi connectivity index (χ0n) is 14.7. The first kappa shape index (κ1) is 19.5. The Kier molecular flexibility index (Phi) is 7.16. The first-order valence-electron chi connectivity index (χ1n) is 8.48. The minimum Gasteiger partial charge on any atom is -0.494 e. The maximum Gasteiger partial charge on any atom is 0.347 e. The summed E-state index contributed by atoms with van der Waals surface area (Å²) in [5.41, 5.74) is 6.07. The van der Waals surface area contributed by atoms with Crippen molar-refractivity contribution in [2.75, 3.05) is 25.4 Å². The number of aromatic amines is 1. The fourth-order valence-corrected chi connectivity index (χ4v) is 2.83. The maximum absolute atomic E-state index is 11.3. The van der Waals surface area contributed by atoms with E-state index in [2.05, 4.69) is 33.6 Å². The molecule has 1 fully saturated rings. The summed E-state index contributed by atoms with van der Waals surface area (Å²) in [5.74, 6) is 1.38. The average Bonchev–Trinajstić information content (AvgIpc) is 2.62. The van der Waals surface area contributed by atoms with Crippen LogP contribution < -0.4 is 21.5 Å². The van der Waals surface area contributed by atoms with Gasteiger partial charge in [-0.05, 0) is 63.7 Å². The molecule has 0 radical (unpaired) electrons. The molecule has 0 unspecified atom stereocenters. The van der Waals surface area contributed by atoms with Crippen LogP contribution >= 0.6 is 0 Å². The molecule has 0 spiro atoms. The molecule has 1 aromatic heterocycles. The SMILES string of the molecule is C=NC(=C)O.Nc1nc(=O)[nH]c2cccc(OCCC3CCNCC3)c12. The minimum absolute atomic E-state index is 0.214. The predicted octanol–water partition coefficient (Wildman–Crippen LogP) is 1.99. The molecule has 1 aliphatic rings. The van der Waals surface area contributed by atoms with Crippen LogP contribution in [0.4, 0.5) is 5.82 Å². The number of hydrogen-bond donors (Lipinski definition) is 4. The Morgan fingerprint density at radius 3 is 2.77 bits per heavy atom. The van der Waals surface area contributed by atoms with E-state index in [1.165, 1.54) is 12.8 Å². The topological polar surface area (TPSA) is 126 Å². The van der Waals surface area contributed by atoms with Crippen molar-refractivity contribution >= 4 is 23.4 Å². The van der Waals surface area contributed by atoms with E-state index in [4.69, 9.17) is 15.6 Å². The Balaban J connectivity index is 0.000000431. The number of aromatic nitrogens is 2. The predicted molar refractivity (Wildman–Crippen MR) is 104 cm³/mol. The Labute approximate surface area is 151 Å². The van der Waals surface area contributed by atoms with Crippen molar-refractivity contribution in [2.24, 2.45) is 10.9 Å². The van der Waals surface area contributed by atoms with E-state index in [0.29, 0.717) is 23.3 Å². The molecule has 8 heteroatoms. The van der Waals surface area contributed by atoms with Gasteiger partial charge >= 0.3 is 5.69 Å². The molecule has 1 aromatic carbocycles. The lowest BCUT2D eigenvalue weighted by atomic mass is 9.95. The van der Waals surface area contributed by atoms with Gasteiger partial charge in [0.1, 0.15) is 11.6 Å². The molecule has 26 heavy (non-hydrogen) atoms. The summed E-state index contributed by atoms with van der Waals surface area (Å²) in [4.78, 5) is 20.8. The number of nitrogens with two attached hydrogens (primary N) is 1. The smallest absolute Gasteiger partial charge is 0.347 e. The molecule has 140 valence electrons. The lowest BCUT2D eigenvalue weighted by molar-refractivity contribution is 0.254.